The molecule has 0 aliphatic heterocycles. The molecular weight excluding hydrogens is 313 g/mol. The SMILES string of the molecule is CCc1c(NN)ncnc1Nc1ccc(Br)cc1F. The van der Waals surface area contributed by atoms with E-state index in [1.807, 2.05) is 6.92 Å². The van der Waals surface area contributed by atoms with Crippen molar-refractivity contribution in [2.45, 2.75) is 13.3 Å². The van der Waals surface area contributed by atoms with Crippen molar-refractivity contribution in [2.24, 2.45) is 5.84 Å². The van der Waals surface area contributed by atoms with Crippen LogP contribution in [0.2, 0.25) is 0 Å². The summed E-state index contributed by atoms with van der Waals surface area (Å²) in [6, 6.07) is 4.77. The van der Waals surface area contributed by atoms with E-state index in [0.717, 1.165) is 5.56 Å². The Labute approximate surface area is 118 Å². The fourth-order valence-electron chi connectivity index (χ4n) is 1.70. The van der Waals surface area contributed by atoms with Gasteiger partial charge in [-0.2, -0.15) is 0 Å². The number of anilines is 3. The fourth-order valence-corrected chi connectivity index (χ4v) is 2.03. The summed E-state index contributed by atoms with van der Waals surface area (Å²) >= 11 is 3.21. The van der Waals surface area contributed by atoms with Crippen LogP contribution in [0, 0.1) is 5.82 Å². The monoisotopic (exact) mass is 325 g/mol. The average molecular weight is 326 g/mol. The number of nitrogen functional groups attached to an aromatic ring is 1. The van der Waals surface area contributed by atoms with Crippen molar-refractivity contribution in [3.8, 4) is 0 Å². The van der Waals surface area contributed by atoms with Crippen molar-refractivity contribution in [2.75, 3.05) is 10.7 Å². The van der Waals surface area contributed by atoms with Crippen LogP contribution in [0.15, 0.2) is 29.0 Å². The summed E-state index contributed by atoms with van der Waals surface area (Å²) in [5.74, 6) is 6.09. The molecule has 0 saturated heterocycles. The Morgan fingerprint density at radius 3 is 2.68 bits per heavy atom. The Hall–Kier alpha value is -1.73. The number of nitrogens with two attached hydrogens (primary N) is 1. The van der Waals surface area contributed by atoms with Crippen LogP contribution in [0.3, 0.4) is 0 Å². The lowest BCUT2D eigenvalue weighted by atomic mass is 10.2. The average Bonchev–Trinajstić information content (AvgIpc) is 2.41. The molecule has 2 aromatic rings. The van der Waals surface area contributed by atoms with Crippen LogP contribution in [-0.2, 0) is 6.42 Å². The van der Waals surface area contributed by atoms with Gasteiger partial charge < -0.3 is 10.7 Å². The molecule has 100 valence electrons. The molecule has 0 radical (unpaired) electrons. The van der Waals surface area contributed by atoms with Crippen molar-refractivity contribution >= 4 is 33.3 Å². The van der Waals surface area contributed by atoms with Crippen LogP contribution in [0.1, 0.15) is 12.5 Å². The summed E-state index contributed by atoms with van der Waals surface area (Å²) in [6.45, 7) is 1.95. The Bertz CT molecular complexity index is 590. The first-order chi connectivity index (χ1) is 9.15. The molecular formula is C12H13BrFN5. The first-order valence-corrected chi connectivity index (χ1v) is 6.47. The van der Waals surface area contributed by atoms with Gasteiger partial charge in [-0.3, -0.25) is 0 Å². The largest absolute Gasteiger partial charge is 0.337 e. The predicted molar refractivity (Wildman–Crippen MR) is 76.6 cm³/mol. The van der Waals surface area contributed by atoms with E-state index in [1.165, 1.54) is 12.4 Å². The molecule has 0 aliphatic rings. The van der Waals surface area contributed by atoms with Crippen LogP contribution in [0.4, 0.5) is 21.7 Å². The fraction of sp³-hybridized carbons (Fsp3) is 0.167. The number of halogens is 2. The van der Waals surface area contributed by atoms with Gasteiger partial charge in [-0.1, -0.05) is 22.9 Å². The first kappa shape index (κ1) is 13.7. The second kappa shape index (κ2) is 5.94. The molecule has 7 heteroatoms. The number of hydrogen-bond acceptors (Lipinski definition) is 5. The number of rotatable bonds is 4. The lowest BCUT2D eigenvalue weighted by Gasteiger charge is -2.13. The van der Waals surface area contributed by atoms with E-state index in [2.05, 4.69) is 36.6 Å². The Morgan fingerprint density at radius 2 is 2.05 bits per heavy atom. The highest BCUT2D eigenvalue weighted by Gasteiger charge is 2.11. The summed E-state index contributed by atoms with van der Waals surface area (Å²) in [4.78, 5) is 8.14. The number of nitrogens with zero attached hydrogens (tertiary/aromatic N) is 2. The quantitative estimate of drug-likeness (QED) is 0.595. The number of benzene rings is 1. The number of hydrazine groups is 1. The topological polar surface area (TPSA) is 75.9 Å². The van der Waals surface area contributed by atoms with Crippen molar-refractivity contribution in [3.05, 3.63) is 40.4 Å². The lowest BCUT2D eigenvalue weighted by molar-refractivity contribution is 0.631. The van der Waals surface area contributed by atoms with Crippen molar-refractivity contribution in [1.82, 2.24) is 9.97 Å². The maximum Gasteiger partial charge on any atom is 0.148 e. The summed E-state index contributed by atoms with van der Waals surface area (Å²) < 4.78 is 14.5. The molecule has 1 heterocycles. The molecule has 5 nitrogen and oxygen atoms in total. The molecule has 0 amide bonds. The maximum absolute atomic E-state index is 13.8. The van der Waals surface area contributed by atoms with Crippen molar-refractivity contribution in [1.29, 1.82) is 0 Å². The minimum Gasteiger partial charge on any atom is -0.337 e. The third-order valence-electron chi connectivity index (χ3n) is 2.62. The van der Waals surface area contributed by atoms with E-state index in [-0.39, 0.29) is 5.82 Å². The van der Waals surface area contributed by atoms with E-state index in [1.54, 1.807) is 12.1 Å². The standard InChI is InChI=1S/C12H13BrFN5/c1-2-8-11(16-6-17-12(8)19-15)18-10-4-3-7(13)5-9(10)14/h3-6H,2,15H2,1H3,(H2,16,17,18,19). The van der Waals surface area contributed by atoms with E-state index >= 15 is 0 Å². The van der Waals surface area contributed by atoms with Crippen LogP contribution < -0.4 is 16.6 Å². The lowest BCUT2D eigenvalue weighted by Crippen LogP contribution is -2.13. The van der Waals surface area contributed by atoms with Crippen LogP contribution >= 0.6 is 15.9 Å². The number of aromatic nitrogens is 2. The highest BCUT2D eigenvalue weighted by molar-refractivity contribution is 9.10. The second-order valence-electron chi connectivity index (χ2n) is 3.80. The van der Waals surface area contributed by atoms with Crippen LogP contribution in [0.25, 0.3) is 0 Å². The highest BCUT2D eigenvalue weighted by atomic mass is 79.9. The Balaban J connectivity index is 2.37. The summed E-state index contributed by atoms with van der Waals surface area (Å²) in [7, 11) is 0. The minimum atomic E-state index is -0.364. The molecule has 1 aromatic carbocycles. The second-order valence-corrected chi connectivity index (χ2v) is 4.71. The first-order valence-electron chi connectivity index (χ1n) is 5.68. The zero-order valence-corrected chi connectivity index (χ0v) is 11.8. The van der Waals surface area contributed by atoms with E-state index < -0.39 is 0 Å². The predicted octanol–water partition coefficient (Wildman–Crippen LogP) is 2.97. The van der Waals surface area contributed by atoms with Gasteiger partial charge in [-0.15, -0.1) is 0 Å². The summed E-state index contributed by atoms with van der Waals surface area (Å²) in [6.07, 6.45) is 2.04. The van der Waals surface area contributed by atoms with Gasteiger partial charge in [0.15, 0.2) is 0 Å². The van der Waals surface area contributed by atoms with Crippen molar-refractivity contribution in [3.63, 3.8) is 0 Å². The van der Waals surface area contributed by atoms with Gasteiger partial charge in [0.2, 0.25) is 0 Å². The molecule has 0 unspecified atom stereocenters. The summed E-state index contributed by atoms with van der Waals surface area (Å²) in [5, 5.41) is 2.95. The molecule has 0 bridgehead atoms. The Kier molecular flexibility index (Phi) is 4.28. The molecule has 2 rings (SSSR count). The van der Waals surface area contributed by atoms with Gasteiger partial charge in [0.1, 0.15) is 23.8 Å². The minimum absolute atomic E-state index is 0.347. The normalized spacial score (nSPS) is 10.3. The maximum atomic E-state index is 13.8. The molecule has 0 atom stereocenters. The van der Waals surface area contributed by atoms with E-state index in [4.69, 9.17) is 5.84 Å². The molecule has 19 heavy (non-hydrogen) atoms. The van der Waals surface area contributed by atoms with E-state index in [9.17, 15) is 4.39 Å². The third kappa shape index (κ3) is 2.99. The van der Waals surface area contributed by atoms with Gasteiger partial charge in [0, 0.05) is 10.0 Å². The molecule has 4 N–H and O–H groups in total. The summed E-state index contributed by atoms with van der Waals surface area (Å²) in [5.41, 5.74) is 3.65. The van der Waals surface area contributed by atoms with Gasteiger partial charge in [-0.05, 0) is 24.6 Å². The number of nitrogens with one attached hydrogen (secondary N) is 2. The smallest absolute Gasteiger partial charge is 0.148 e. The van der Waals surface area contributed by atoms with Crippen LogP contribution in [-0.4, -0.2) is 9.97 Å². The molecule has 0 aliphatic carbocycles. The zero-order chi connectivity index (χ0) is 13.8. The van der Waals surface area contributed by atoms with Crippen LogP contribution in [0.5, 0.6) is 0 Å². The highest BCUT2D eigenvalue weighted by Crippen LogP contribution is 2.26. The van der Waals surface area contributed by atoms with Gasteiger partial charge in [0.05, 0.1) is 5.69 Å². The molecule has 0 saturated carbocycles. The van der Waals surface area contributed by atoms with Gasteiger partial charge >= 0.3 is 0 Å². The molecule has 0 fully saturated rings. The molecule has 1 aromatic heterocycles. The Morgan fingerprint density at radius 1 is 1.32 bits per heavy atom. The molecule has 0 spiro atoms. The van der Waals surface area contributed by atoms with E-state index in [0.29, 0.717) is 28.2 Å². The number of hydrogen-bond donors (Lipinski definition) is 3. The third-order valence-corrected chi connectivity index (χ3v) is 3.11. The van der Waals surface area contributed by atoms with Crippen molar-refractivity contribution < 1.29 is 4.39 Å². The van der Waals surface area contributed by atoms with Gasteiger partial charge in [-0.25, -0.2) is 20.2 Å². The zero-order valence-electron chi connectivity index (χ0n) is 10.2. The van der Waals surface area contributed by atoms with Gasteiger partial charge in [0.25, 0.3) is 0 Å².